The van der Waals surface area contributed by atoms with Gasteiger partial charge in [0, 0.05) is 47.4 Å². The first-order valence-corrected chi connectivity index (χ1v) is 10.6. The molecule has 2 N–H and O–H groups in total. The number of furan rings is 1. The lowest BCUT2D eigenvalue weighted by Gasteiger charge is -2.30. The normalized spacial score (nSPS) is 22.1. The monoisotopic (exact) mass is 481 g/mol. The van der Waals surface area contributed by atoms with Crippen molar-refractivity contribution in [3.05, 3.63) is 24.2 Å². The van der Waals surface area contributed by atoms with Gasteiger partial charge in [-0.3, -0.25) is 9.20 Å². The fraction of sp³-hybridized carbons (Fsp3) is 0.722. The summed E-state index contributed by atoms with van der Waals surface area (Å²) in [5.74, 6) is 2.61. The highest BCUT2D eigenvalue weighted by molar-refractivity contribution is 14.0. The largest absolute Gasteiger partial charge is 0.469 e. The molecular weight excluding hydrogens is 449 g/mol. The van der Waals surface area contributed by atoms with E-state index >= 15 is 0 Å². The molecule has 3 unspecified atom stereocenters. The molecule has 2 rings (SSSR count). The molecule has 1 heterocycles. The van der Waals surface area contributed by atoms with Crippen molar-refractivity contribution in [2.45, 2.75) is 63.7 Å². The first-order chi connectivity index (χ1) is 11.7. The van der Waals surface area contributed by atoms with Gasteiger partial charge in [0.1, 0.15) is 5.76 Å². The Balaban J connectivity index is 0.00000312. The second-order valence-electron chi connectivity index (χ2n) is 6.29. The predicted molar refractivity (Wildman–Crippen MR) is 116 cm³/mol. The van der Waals surface area contributed by atoms with E-state index in [9.17, 15) is 4.21 Å². The SMILES string of the molecule is CCCN=C(NCCc1ccco1)NC1CCCC(S(=O)CC)C1.I. The topological polar surface area (TPSA) is 66.6 Å². The molecule has 0 aromatic carbocycles. The number of guanidine groups is 1. The fourth-order valence-corrected chi connectivity index (χ4v) is 4.43. The quantitative estimate of drug-likeness (QED) is 0.339. The summed E-state index contributed by atoms with van der Waals surface area (Å²) in [5.41, 5.74) is 0. The molecule has 0 saturated heterocycles. The Bertz CT molecular complexity index is 522. The molecule has 1 aromatic heterocycles. The molecule has 1 fully saturated rings. The van der Waals surface area contributed by atoms with Gasteiger partial charge in [-0.05, 0) is 37.8 Å². The number of hydrogen-bond acceptors (Lipinski definition) is 3. The Kier molecular flexibility index (Phi) is 11.4. The van der Waals surface area contributed by atoms with Crippen LogP contribution in [0.3, 0.4) is 0 Å². The molecule has 1 saturated carbocycles. The summed E-state index contributed by atoms with van der Waals surface area (Å²) in [5, 5.41) is 7.29. The van der Waals surface area contributed by atoms with Crippen molar-refractivity contribution in [1.29, 1.82) is 0 Å². The van der Waals surface area contributed by atoms with E-state index < -0.39 is 10.8 Å². The molecule has 0 radical (unpaired) electrons. The highest BCUT2D eigenvalue weighted by atomic mass is 127. The molecule has 25 heavy (non-hydrogen) atoms. The lowest BCUT2D eigenvalue weighted by molar-refractivity contribution is 0.413. The third kappa shape index (κ3) is 8.11. The van der Waals surface area contributed by atoms with Crippen LogP contribution in [0.15, 0.2) is 27.8 Å². The average Bonchev–Trinajstić information content (AvgIpc) is 3.12. The van der Waals surface area contributed by atoms with Gasteiger partial charge >= 0.3 is 0 Å². The number of nitrogens with zero attached hydrogens (tertiary/aromatic N) is 1. The molecule has 0 amide bonds. The summed E-state index contributed by atoms with van der Waals surface area (Å²) >= 11 is 0. The van der Waals surface area contributed by atoms with Crippen molar-refractivity contribution in [3.63, 3.8) is 0 Å². The van der Waals surface area contributed by atoms with Crippen LogP contribution < -0.4 is 10.6 Å². The number of hydrogen-bond donors (Lipinski definition) is 2. The molecule has 1 aliphatic rings. The van der Waals surface area contributed by atoms with Crippen molar-refractivity contribution in [2.24, 2.45) is 4.99 Å². The maximum Gasteiger partial charge on any atom is 0.191 e. The van der Waals surface area contributed by atoms with E-state index in [-0.39, 0.29) is 24.0 Å². The highest BCUT2D eigenvalue weighted by Crippen LogP contribution is 2.22. The first-order valence-electron chi connectivity index (χ1n) is 9.17. The summed E-state index contributed by atoms with van der Waals surface area (Å²) in [7, 11) is -0.693. The molecule has 1 aliphatic carbocycles. The Morgan fingerprint density at radius 3 is 2.92 bits per heavy atom. The minimum Gasteiger partial charge on any atom is -0.469 e. The van der Waals surface area contributed by atoms with Gasteiger partial charge in [-0.15, -0.1) is 24.0 Å². The summed E-state index contributed by atoms with van der Waals surface area (Å²) in [6, 6.07) is 4.27. The molecule has 1 aromatic rings. The third-order valence-corrected chi connectivity index (χ3v) is 6.10. The zero-order chi connectivity index (χ0) is 17.2. The van der Waals surface area contributed by atoms with Crippen molar-refractivity contribution < 1.29 is 8.63 Å². The number of rotatable bonds is 8. The maximum atomic E-state index is 12.1. The van der Waals surface area contributed by atoms with E-state index in [1.807, 2.05) is 19.1 Å². The Morgan fingerprint density at radius 2 is 2.24 bits per heavy atom. The number of aliphatic imine (C=N–C) groups is 1. The van der Waals surface area contributed by atoms with Crippen LogP contribution in [-0.2, 0) is 17.2 Å². The summed E-state index contributed by atoms with van der Waals surface area (Å²) < 4.78 is 17.5. The summed E-state index contributed by atoms with van der Waals surface area (Å²) in [6.07, 6.45) is 7.91. The Hall–Kier alpha value is -0.570. The van der Waals surface area contributed by atoms with Crippen LogP contribution in [0.4, 0.5) is 0 Å². The minimum absolute atomic E-state index is 0. The van der Waals surface area contributed by atoms with Crippen LogP contribution in [-0.4, -0.2) is 40.3 Å². The van der Waals surface area contributed by atoms with Crippen LogP contribution >= 0.6 is 24.0 Å². The fourth-order valence-electron chi connectivity index (χ4n) is 3.08. The van der Waals surface area contributed by atoms with Crippen LogP contribution in [0.1, 0.15) is 51.7 Å². The zero-order valence-corrected chi connectivity index (χ0v) is 18.5. The second kappa shape index (κ2) is 12.7. The van der Waals surface area contributed by atoms with Crippen molar-refractivity contribution >= 4 is 40.7 Å². The average molecular weight is 481 g/mol. The lowest BCUT2D eigenvalue weighted by Crippen LogP contribution is -2.47. The van der Waals surface area contributed by atoms with Crippen LogP contribution in [0.25, 0.3) is 0 Å². The van der Waals surface area contributed by atoms with E-state index in [1.165, 1.54) is 0 Å². The standard InChI is InChI=1S/C18H31N3O2S.HI/c1-3-11-19-18(20-12-10-16-8-6-13-23-16)21-15-7-5-9-17(14-15)24(22)4-2;/h6,8,13,15,17H,3-5,7,9-12,14H2,1-2H3,(H2,19,20,21);1H. The third-order valence-electron chi connectivity index (χ3n) is 4.36. The first kappa shape index (κ1) is 22.5. The molecule has 3 atom stereocenters. The van der Waals surface area contributed by atoms with Crippen molar-refractivity contribution in [2.75, 3.05) is 18.8 Å². The van der Waals surface area contributed by atoms with Gasteiger partial charge in [0.25, 0.3) is 0 Å². The summed E-state index contributed by atoms with van der Waals surface area (Å²) in [6.45, 7) is 5.75. The van der Waals surface area contributed by atoms with Crippen molar-refractivity contribution in [3.8, 4) is 0 Å². The smallest absolute Gasteiger partial charge is 0.191 e. The van der Waals surface area contributed by atoms with Crippen molar-refractivity contribution in [1.82, 2.24) is 10.6 Å². The van der Waals surface area contributed by atoms with Gasteiger partial charge in [-0.25, -0.2) is 0 Å². The molecule has 144 valence electrons. The summed E-state index contributed by atoms with van der Waals surface area (Å²) in [4.78, 5) is 4.63. The predicted octanol–water partition coefficient (Wildman–Crippen LogP) is 3.47. The van der Waals surface area contributed by atoms with E-state index in [2.05, 4.69) is 22.5 Å². The van der Waals surface area contributed by atoms with Gasteiger partial charge < -0.3 is 15.1 Å². The second-order valence-corrected chi connectivity index (χ2v) is 8.29. The van der Waals surface area contributed by atoms with Crippen LogP contribution in [0.5, 0.6) is 0 Å². The molecule has 5 nitrogen and oxygen atoms in total. The van der Waals surface area contributed by atoms with Gasteiger partial charge in [-0.2, -0.15) is 0 Å². The van der Waals surface area contributed by atoms with E-state index in [0.29, 0.717) is 11.3 Å². The molecule has 0 bridgehead atoms. The Morgan fingerprint density at radius 1 is 1.40 bits per heavy atom. The zero-order valence-electron chi connectivity index (χ0n) is 15.3. The maximum absolute atomic E-state index is 12.1. The highest BCUT2D eigenvalue weighted by Gasteiger charge is 2.26. The molecule has 0 aliphatic heterocycles. The molecule has 0 spiro atoms. The number of halogens is 1. The molecular formula is C18H32IN3O2S. The lowest BCUT2D eigenvalue weighted by atomic mass is 9.95. The van der Waals surface area contributed by atoms with Gasteiger partial charge in [0.15, 0.2) is 5.96 Å². The molecule has 7 heteroatoms. The minimum atomic E-state index is -0.693. The van der Waals surface area contributed by atoms with E-state index in [4.69, 9.17) is 4.42 Å². The van der Waals surface area contributed by atoms with Gasteiger partial charge in [0.05, 0.1) is 6.26 Å². The van der Waals surface area contributed by atoms with Gasteiger partial charge in [0.2, 0.25) is 0 Å². The van der Waals surface area contributed by atoms with Crippen LogP contribution in [0, 0.1) is 0 Å². The van der Waals surface area contributed by atoms with Gasteiger partial charge in [-0.1, -0.05) is 20.3 Å². The van der Waals surface area contributed by atoms with Crippen LogP contribution in [0.2, 0.25) is 0 Å². The van der Waals surface area contributed by atoms with E-state index in [1.54, 1.807) is 6.26 Å². The number of nitrogens with one attached hydrogen (secondary N) is 2. The Labute approximate surface area is 171 Å². The van der Waals surface area contributed by atoms with E-state index in [0.717, 1.165) is 69.1 Å².